The van der Waals surface area contributed by atoms with Gasteiger partial charge in [-0.3, -0.25) is 0 Å². The molecule has 2 atom stereocenters. The summed E-state index contributed by atoms with van der Waals surface area (Å²) in [4.78, 5) is 0.182. The van der Waals surface area contributed by atoms with Crippen molar-refractivity contribution in [2.75, 3.05) is 19.6 Å². The second-order valence-corrected chi connectivity index (χ2v) is 7.37. The second kappa shape index (κ2) is 5.79. The van der Waals surface area contributed by atoms with Crippen LogP contribution in [0.15, 0.2) is 29.2 Å². The van der Waals surface area contributed by atoms with Crippen molar-refractivity contribution >= 4 is 21.6 Å². The molecule has 0 bridgehead atoms. The molecule has 6 heteroatoms. The van der Waals surface area contributed by atoms with E-state index in [1.54, 1.807) is 24.3 Å². The fourth-order valence-corrected chi connectivity index (χ4v) is 4.44. The summed E-state index contributed by atoms with van der Waals surface area (Å²) in [5.41, 5.74) is 5.72. The molecule has 0 aromatic heterocycles. The zero-order valence-electron chi connectivity index (χ0n) is 10.9. The molecule has 19 heavy (non-hydrogen) atoms. The van der Waals surface area contributed by atoms with Crippen molar-refractivity contribution < 1.29 is 8.42 Å². The van der Waals surface area contributed by atoms with Crippen molar-refractivity contribution in [2.24, 2.45) is 17.6 Å². The Morgan fingerprint density at radius 2 is 2.11 bits per heavy atom. The van der Waals surface area contributed by atoms with Crippen molar-refractivity contribution in [1.29, 1.82) is 0 Å². The molecule has 2 unspecified atom stereocenters. The zero-order valence-corrected chi connectivity index (χ0v) is 12.5. The first-order valence-electron chi connectivity index (χ1n) is 6.41. The summed E-state index contributed by atoms with van der Waals surface area (Å²) in [5.74, 6) is 0.675. The predicted octanol–water partition coefficient (Wildman–Crippen LogP) is 1.95. The van der Waals surface area contributed by atoms with E-state index in [1.807, 2.05) is 0 Å². The summed E-state index contributed by atoms with van der Waals surface area (Å²) in [5, 5.41) is 0.269. The van der Waals surface area contributed by atoms with E-state index in [-0.39, 0.29) is 15.8 Å². The van der Waals surface area contributed by atoms with Gasteiger partial charge in [0, 0.05) is 13.1 Å². The average molecular weight is 303 g/mol. The highest BCUT2D eigenvalue weighted by atomic mass is 35.5. The van der Waals surface area contributed by atoms with Crippen molar-refractivity contribution in [3.63, 3.8) is 0 Å². The molecule has 1 aromatic carbocycles. The minimum absolute atomic E-state index is 0.182. The number of piperidine rings is 1. The number of benzene rings is 1. The first-order valence-corrected chi connectivity index (χ1v) is 8.23. The monoisotopic (exact) mass is 302 g/mol. The molecule has 1 heterocycles. The highest BCUT2D eigenvalue weighted by Gasteiger charge is 2.33. The predicted molar refractivity (Wildman–Crippen MR) is 76.5 cm³/mol. The molecule has 1 aliphatic rings. The SMILES string of the molecule is CC1CCN(S(=O)(=O)c2ccccc2Cl)CC1CN. The number of hydrogen-bond donors (Lipinski definition) is 1. The van der Waals surface area contributed by atoms with Crippen LogP contribution in [0.2, 0.25) is 5.02 Å². The summed E-state index contributed by atoms with van der Waals surface area (Å²) in [6.07, 6.45) is 0.839. The molecule has 0 saturated carbocycles. The lowest BCUT2D eigenvalue weighted by atomic mass is 9.88. The van der Waals surface area contributed by atoms with Crippen LogP contribution in [0.25, 0.3) is 0 Å². The molecule has 0 spiro atoms. The average Bonchev–Trinajstić information content (AvgIpc) is 2.39. The molecule has 0 aliphatic carbocycles. The molecule has 106 valence electrons. The molecule has 2 N–H and O–H groups in total. The van der Waals surface area contributed by atoms with Crippen LogP contribution in [0.4, 0.5) is 0 Å². The van der Waals surface area contributed by atoms with E-state index in [2.05, 4.69) is 6.92 Å². The van der Waals surface area contributed by atoms with Crippen molar-refractivity contribution in [3.8, 4) is 0 Å². The Bertz CT molecular complexity index is 547. The Kier molecular flexibility index (Phi) is 4.50. The molecule has 4 nitrogen and oxygen atoms in total. The number of nitrogens with zero attached hydrogens (tertiary/aromatic N) is 1. The molecule has 0 radical (unpaired) electrons. The number of rotatable bonds is 3. The Labute approximate surface area is 119 Å². The smallest absolute Gasteiger partial charge is 0.244 e. The van der Waals surface area contributed by atoms with Gasteiger partial charge in [-0.1, -0.05) is 30.7 Å². The summed E-state index contributed by atoms with van der Waals surface area (Å²) < 4.78 is 26.7. The Balaban J connectivity index is 2.28. The maximum atomic E-state index is 12.6. The number of hydrogen-bond acceptors (Lipinski definition) is 3. The summed E-state index contributed by atoms with van der Waals surface area (Å²) >= 11 is 6.00. The number of sulfonamides is 1. The highest BCUT2D eigenvalue weighted by Crippen LogP contribution is 2.29. The van der Waals surface area contributed by atoms with Gasteiger partial charge >= 0.3 is 0 Å². The third-order valence-corrected chi connectivity index (χ3v) is 6.20. The fourth-order valence-electron chi connectivity index (χ4n) is 2.43. The van der Waals surface area contributed by atoms with Crippen molar-refractivity contribution in [3.05, 3.63) is 29.3 Å². The molecule has 1 fully saturated rings. The van der Waals surface area contributed by atoms with Crippen LogP contribution >= 0.6 is 11.6 Å². The lowest BCUT2D eigenvalue weighted by Gasteiger charge is -2.35. The lowest BCUT2D eigenvalue weighted by molar-refractivity contribution is 0.203. The van der Waals surface area contributed by atoms with E-state index in [0.717, 1.165) is 6.42 Å². The van der Waals surface area contributed by atoms with Gasteiger partial charge in [-0.05, 0) is 36.9 Å². The van der Waals surface area contributed by atoms with Gasteiger partial charge in [-0.25, -0.2) is 8.42 Å². The Morgan fingerprint density at radius 3 is 2.74 bits per heavy atom. The van der Waals surface area contributed by atoms with Crippen LogP contribution < -0.4 is 5.73 Å². The van der Waals surface area contributed by atoms with Crippen LogP contribution in [-0.4, -0.2) is 32.4 Å². The second-order valence-electron chi connectivity index (χ2n) is 5.06. The van der Waals surface area contributed by atoms with E-state index in [9.17, 15) is 8.42 Å². The standard InChI is InChI=1S/C13H19ClN2O2S/c1-10-6-7-16(9-11(10)8-15)19(17,18)13-5-3-2-4-12(13)14/h2-5,10-11H,6-9,15H2,1H3. The van der Waals surface area contributed by atoms with E-state index in [1.165, 1.54) is 4.31 Å². The van der Waals surface area contributed by atoms with Gasteiger partial charge in [0.15, 0.2) is 0 Å². The van der Waals surface area contributed by atoms with E-state index < -0.39 is 10.0 Å². The van der Waals surface area contributed by atoms with E-state index in [4.69, 9.17) is 17.3 Å². The van der Waals surface area contributed by atoms with E-state index in [0.29, 0.717) is 25.6 Å². The molecule has 2 rings (SSSR count). The highest BCUT2D eigenvalue weighted by molar-refractivity contribution is 7.89. The van der Waals surface area contributed by atoms with Crippen LogP contribution in [0.1, 0.15) is 13.3 Å². The summed E-state index contributed by atoms with van der Waals surface area (Å²) in [6.45, 7) is 3.64. The quantitative estimate of drug-likeness (QED) is 0.928. The molecule has 1 saturated heterocycles. The van der Waals surface area contributed by atoms with Crippen LogP contribution in [0, 0.1) is 11.8 Å². The van der Waals surface area contributed by atoms with Crippen molar-refractivity contribution in [1.82, 2.24) is 4.31 Å². The molecule has 0 amide bonds. The summed E-state index contributed by atoms with van der Waals surface area (Å²) in [7, 11) is -3.51. The molecular formula is C13H19ClN2O2S. The molecule has 1 aromatic rings. The minimum Gasteiger partial charge on any atom is -0.330 e. The van der Waals surface area contributed by atoms with Gasteiger partial charge in [-0.2, -0.15) is 4.31 Å². The van der Waals surface area contributed by atoms with Crippen LogP contribution in [0.3, 0.4) is 0 Å². The first kappa shape index (κ1) is 14.8. The van der Waals surface area contributed by atoms with Gasteiger partial charge in [0.2, 0.25) is 10.0 Å². The fraction of sp³-hybridized carbons (Fsp3) is 0.538. The largest absolute Gasteiger partial charge is 0.330 e. The third kappa shape index (κ3) is 2.94. The third-order valence-electron chi connectivity index (χ3n) is 3.83. The molecule has 1 aliphatic heterocycles. The van der Waals surface area contributed by atoms with Crippen LogP contribution in [0.5, 0.6) is 0 Å². The summed E-state index contributed by atoms with van der Waals surface area (Å²) in [6, 6.07) is 6.56. The van der Waals surface area contributed by atoms with E-state index >= 15 is 0 Å². The first-order chi connectivity index (χ1) is 8.96. The van der Waals surface area contributed by atoms with Gasteiger partial charge in [0.1, 0.15) is 4.90 Å². The molecular weight excluding hydrogens is 284 g/mol. The topological polar surface area (TPSA) is 63.4 Å². The van der Waals surface area contributed by atoms with Crippen LogP contribution in [-0.2, 0) is 10.0 Å². The minimum atomic E-state index is -3.51. The maximum absolute atomic E-state index is 12.6. The maximum Gasteiger partial charge on any atom is 0.244 e. The zero-order chi connectivity index (χ0) is 14.0. The normalized spacial score (nSPS) is 25.4. The number of halogens is 1. The Morgan fingerprint density at radius 1 is 1.42 bits per heavy atom. The van der Waals surface area contributed by atoms with Gasteiger partial charge < -0.3 is 5.73 Å². The van der Waals surface area contributed by atoms with Crippen molar-refractivity contribution in [2.45, 2.75) is 18.2 Å². The van der Waals surface area contributed by atoms with Gasteiger partial charge in [0.25, 0.3) is 0 Å². The van der Waals surface area contributed by atoms with Gasteiger partial charge in [-0.15, -0.1) is 0 Å². The van der Waals surface area contributed by atoms with Gasteiger partial charge in [0.05, 0.1) is 5.02 Å². The Hall–Kier alpha value is -0.620. The number of nitrogens with two attached hydrogens (primary N) is 1. The lowest BCUT2D eigenvalue weighted by Crippen LogP contribution is -2.45.